The topological polar surface area (TPSA) is 57.5 Å². The van der Waals surface area contributed by atoms with E-state index in [1.807, 2.05) is 13.8 Å². The summed E-state index contributed by atoms with van der Waals surface area (Å²) in [7, 11) is 0. The second-order valence-corrected chi connectivity index (χ2v) is 8.87. The summed E-state index contributed by atoms with van der Waals surface area (Å²) in [6.45, 7) is 10.1. The molecule has 2 aliphatic carbocycles. The zero-order valence-electron chi connectivity index (χ0n) is 15.4. The van der Waals surface area contributed by atoms with Crippen LogP contribution in [0.3, 0.4) is 0 Å². The molecule has 0 bridgehead atoms. The molecule has 3 heteroatoms. The molecule has 0 unspecified atom stereocenters. The third kappa shape index (κ3) is 4.24. The Labute approximate surface area is 141 Å². The van der Waals surface area contributed by atoms with Crippen molar-refractivity contribution in [2.75, 3.05) is 0 Å². The van der Waals surface area contributed by atoms with E-state index in [-0.39, 0.29) is 17.8 Å². The van der Waals surface area contributed by atoms with E-state index >= 15 is 0 Å². The van der Waals surface area contributed by atoms with E-state index < -0.39 is 11.2 Å². The van der Waals surface area contributed by atoms with E-state index in [4.69, 9.17) is 0 Å². The van der Waals surface area contributed by atoms with Gasteiger partial charge in [-0.2, -0.15) is 0 Å². The SMILES string of the molecule is CC(C)CC(=O)C[C@H](C)C1=C[C@@H]2[C@H](CC[C@@]2(C)O)[C@@](C)(O)CC1. The fraction of sp³-hybridized carbons (Fsp3) is 0.850. The molecule has 0 spiro atoms. The first-order valence-corrected chi connectivity index (χ1v) is 9.20. The molecule has 132 valence electrons. The molecule has 2 rings (SSSR count). The van der Waals surface area contributed by atoms with Crippen molar-refractivity contribution < 1.29 is 15.0 Å². The number of hydrogen-bond donors (Lipinski definition) is 2. The normalized spacial score (nSPS) is 38.9. The van der Waals surface area contributed by atoms with Crippen LogP contribution in [-0.4, -0.2) is 27.2 Å². The van der Waals surface area contributed by atoms with Crippen LogP contribution in [0.2, 0.25) is 0 Å². The van der Waals surface area contributed by atoms with Gasteiger partial charge in [0.1, 0.15) is 5.78 Å². The summed E-state index contributed by atoms with van der Waals surface area (Å²) in [4.78, 5) is 12.1. The molecule has 2 N–H and O–H groups in total. The number of Topliss-reactive ketones (excluding diaryl/α,β-unsaturated/α-hetero) is 1. The van der Waals surface area contributed by atoms with Gasteiger partial charge in [-0.25, -0.2) is 0 Å². The quantitative estimate of drug-likeness (QED) is 0.755. The summed E-state index contributed by atoms with van der Waals surface area (Å²) in [5, 5.41) is 21.6. The van der Waals surface area contributed by atoms with E-state index in [9.17, 15) is 15.0 Å². The zero-order chi connectivity index (χ0) is 17.4. The average Bonchev–Trinajstić information content (AvgIpc) is 2.60. The number of carbonyl (C=O) groups is 1. The molecule has 2 aliphatic rings. The van der Waals surface area contributed by atoms with Crippen molar-refractivity contribution in [3.8, 4) is 0 Å². The maximum absolute atomic E-state index is 12.1. The van der Waals surface area contributed by atoms with Gasteiger partial charge in [-0.15, -0.1) is 0 Å². The Morgan fingerprint density at radius 3 is 2.43 bits per heavy atom. The molecular formula is C20H34O3. The molecular weight excluding hydrogens is 288 g/mol. The molecule has 5 atom stereocenters. The number of ketones is 1. The summed E-state index contributed by atoms with van der Waals surface area (Å²) in [5.74, 6) is 1.04. The minimum atomic E-state index is -0.744. The van der Waals surface area contributed by atoms with E-state index in [0.29, 0.717) is 24.5 Å². The Bertz CT molecular complexity index is 473. The van der Waals surface area contributed by atoms with Crippen LogP contribution in [0.25, 0.3) is 0 Å². The molecule has 0 aromatic carbocycles. The number of fused-ring (bicyclic) bond motifs is 1. The van der Waals surface area contributed by atoms with E-state index in [1.54, 1.807) is 0 Å². The molecule has 0 aromatic heterocycles. The molecule has 0 aliphatic heterocycles. The summed E-state index contributed by atoms with van der Waals surface area (Å²) < 4.78 is 0. The lowest BCUT2D eigenvalue weighted by molar-refractivity contribution is -0.120. The van der Waals surface area contributed by atoms with Crippen LogP contribution in [0.1, 0.15) is 73.1 Å². The van der Waals surface area contributed by atoms with Gasteiger partial charge in [0.05, 0.1) is 11.2 Å². The van der Waals surface area contributed by atoms with E-state index in [0.717, 1.165) is 25.7 Å². The molecule has 3 nitrogen and oxygen atoms in total. The number of allylic oxidation sites excluding steroid dienone is 1. The van der Waals surface area contributed by atoms with E-state index in [2.05, 4.69) is 26.8 Å². The van der Waals surface area contributed by atoms with Crippen LogP contribution < -0.4 is 0 Å². The average molecular weight is 322 g/mol. The van der Waals surface area contributed by atoms with Crippen molar-refractivity contribution in [3.05, 3.63) is 11.6 Å². The third-order valence-corrected chi connectivity index (χ3v) is 6.03. The van der Waals surface area contributed by atoms with Crippen LogP contribution in [0.4, 0.5) is 0 Å². The highest BCUT2D eigenvalue weighted by Gasteiger charge is 2.51. The second kappa shape index (κ2) is 6.68. The molecule has 0 heterocycles. The largest absolute Gasteiger partial charge is 0.390 e. The predicted molar refractivity (Wildman–Crippen MR) is 93.0 cm³/mol. The first-order chi connectivity index (χ1) is 10.5. The van der Waals surface area contributed by atoms with Crippen molar-refractivity contribution in [2.45, 2.75) is 84.3 Å². The standard InChI is InChI=1S/C20H34O3/c1-13(2)10-16(21)11-14(3)15-6-8-19(4,22)17-7-9-20(5,23)18(17)12-15/h12-14,17-18,22-23H,6-11H2,1-5H3/t14-,17-,18+,19-,20+/m0/s1. The maximum atomic E-state index is 12.1. The van der Waals surface area contributed by atoms with Crippen molar-refractivity contribution >= 4 is 5.78 Å². The molecule has 23 heavy (non-hydrogen) atoms. The summed E-state index contributed by atoms with van der Waals surface area (Å²) in [5.41, 5.74) is -0.228. The minimum Gasteiger partial charge on any atom is -0.390 e. The number of carbonyl (C=O) groups excluding carboxylic acids is 1. The highest BCUT2D eigenvalue weighted by Crippen LogP contribution is 2.50. The van der Waals surface area contributed by atoms with Gasteiger partial charge in [-0.05, 0) is 57.3 Å². The van der Waals surface area contributed by atoms with Crippen LogP contribution in [0.15, 0.2) is 11.6 Å². The van der Waals surface area contributed by atoms with Gasteiger partial charge in [-0.3, -0.25) is 4.79 Å². The van der Waals surface area contributed by atoms with Crippen molar-refractivity contribution in [3.63, 3.8) is 0 Å². The highest BCUT2D eigenvalue weighted by molar-refractivity contribution is 5.79. The Balaban J connectivity index is 2.17. The van der Waals surface area contributed by atoms with Crippen molar-refractivity contribution in [1.82, 2.24) is 0 Å². The molecule has 0 radical (unpaired) electrons. The lowest BCUT2D eigenvalue weighted by atomic mass is 9.77. The summed E-state index contributed by atoms with van der Waals surface area (Å²) in [6, 6.07) is 0. The Kier molecular flexibility index (Phi) is 5.42. The van der Waals surface area contributed by atoms with Gasteiger partial charge in [0.2, 0.25) is 0 Å². The monoisotopic (exact) mass is 322 g/mol. The van der Waals surface area contributed by atoms with Crippen LogP contribution in [0.5, 0.6) is 0 Å². The fourth-order valence-corrected chi connectivity index (χ4v) is 4.54. The smallest absolute Gasteiger partial charge is 0.133 e. The Morgan fingerprint density at radius 1 is 1.17 bits per heavy atom. The Hall–Kier alpha value is -0.670. The van der Waals surface area contributed by atoms with Crippen molar-refractivity contribution in [1.29, 1.82) is 0 Å². The maximum Gasteiger partial charge on any atom is 0.133 e. The minimum absolute atomic E-state index is 0.00218. The first kappa shape index (κ1) is 18.7. The lowest BCUT2D eigenvalue weighted by Crippen LogP contribution is -2.40. The van der Waals surface area contributed by atoms with Crippen LogP contribution in [0, 0.1) is 23.7 Å². The van der Waals surface area contributed by atoms with Gasteiger partial charge in [0, 0.05) is 18.8 Å². The molecule has 1 fully saturated rings. The van der Waals surface area contributed by atoms with E-state index in [1.165, 1.54) is 5.57 Å². The molecule has 0 saturated heterocycles. The lowest BCUT2D eigenvalue weighted by Gasteiger charge is -2.34. The second-order valence-electron chi connectivity index (χ2n) is 8.87. The van der Waals surface area contributed by atoms with Gasteiger partial charge in [0.15, 0.2) is 0 Å². The van der Waals surface area contributed by atoms with Crippen LogP contribution in [-0.2, 0) is 4.79 Å². The van der Waals surface area contributed by atoms with Gasteiger partial charge in [-0.1, -0.05) is 32.4 Å². The number of rotatable bonds is 5. The van der Waals surface area contributed by atoms with Crippen LogP contribution >= 0.6 is 0 Å². The Morgan fingerprint density at radius 2 is 1.83 bits per heavy atom. The fourth-order valence-electron chi connectivity index (χ4n) is 4.54. The van der Waals surface area contributed by atoms with Gasteiger partial charge >= 0.3 is 0 Å². The molecule has 1 saturated carbocycles. The summed E-state index contributed by atoms with van der Waals surface area (Å²) >= 11 is 0. The predicted octanol–water partition coefficient (Wildman–Crippen LogP) is 3.88. The highest BCUT2D eigenvalue weighted by atomic mass is 16.3. The zero-order valence-corrected chi connectivity index (χ0v) is 15.4. The first-order valence-electron chi connectivity index (χ1n) is 9.20. The molecule has 0 amide bonds. The number of hydrogen-bond acceptors (Lipinski definition) is 3. The van der Waals surface area contributed by atoms with Gasteiger partial charge in [0.25, 0.3) is 0 Å². The molecule has 0 aromatic rings. The third-order valence-electron chi connectivity index (χ3n) is 6.03. The number of aliphatic hydroxyl groups is 2. The van der Waals surface area contributed by atoms with Gasteiger partial charge < -0.3 is 10.2 Å². The van der Waals surface area contributed by atoms with Crippen molar-refractivity contribution in [2.24, 2.45) is 23.7 Å². The summed E-state index contributed by atoms with van der Waals surface area (Å²) in [6.07, 6.45) is 6.57.